The minimum atomic E-state index is -0.774. The van der Waals surface area contributed by atoms with E-state index >= 15 is 0 Å². The molecule has 0 aromatic rings. The first-order valence-corrected chi connectivity index (χ1v) is 8.24. The maximum Gasteiger partial charge on any atom is 0.315 e. The number of urea groups is 1. The van der Waals surface area contributed by atoms with Gasteiger partial charge in [0.2, 0.25) is 0 Å². The van der Waals surface area contributed by atoms with Crippen molar-refractivity contribution >= 4 is 23.8 Å². The summed E-state index contributed by atoms with van der Waals surface area (Å²) in [6.07, 6.45) is 4.79. The van der Waals surface area contributed by atoms with Crippen LogP contribution in [0.1, 0.15) is 19.3 Å². The monoisotopic (exact) mass is 298 g/mol. The molecule has 2 bridgehead atoms. The molecule has 2 aliphatic carbocycles. The molecule has 6 heteroatoms. The number of rotatable bonds is 7. The van der Waals surface area contributed by atoms with Crippen molar-refractivity contribution in [1.29, 1.82) is 0 Å². The first-order chi connectivity index (χ1) is 9.63. The molecule has 3 N–H and O–H groups in total. The van der Waals surface area contributed by atoms with E-state index in [9.17, 15) is 14.7 Å². The first-order valence-electron chi connectivity index (χ1n) is 7.09. The third-order valence-corrected chi connectivity index (χ3v) is 5.23. The van der Waals surface area contributed by atoms with E-state index in [1.54, 1.807) is 11.8 Å². The van der Waals surface area contributed by atoms with Gasteiger partial charge < -0.3 is 15.7 Å². The maximum absolute atomic E-state index is 11.8. The van der Waals surface area contributed by atoms with Crippen molar-refractivity contribution in [3.05, 3.63) is 12.7 Å². The second kappa shape index (κ2) is 7.02. The van der Waals surface area contributed by atoms with Crippen LogP contribution in [0.2, 0.25) is 0 Å². The van der Waals surface area contributed by atoms with E-state index in [1.165, 1.54) is 0 Å². The minimum absolute atomic E-state index is 0.202. The van der Waals surface area contributed by atoms with Crippen molar-refractivity contribution in [2.24, 2.45) is 17.8 Å². The summed E-state index contributed by atoms with van der Waals surface area (Å²) in [5.41, 5.74) is 0. The lowest BCUT2D eigenvalue weighted by Gasteiger charge is -2.28. The highest BCUT2D eigenvalue weighted by atomic mass is 32.2. The molecule has 2 amide bonds. The van der Waals surface area contributed by atoms with Gasteiger partial charge in [-0.25, -0.2) is 4.79 Å². The molecular formula is C14H22N2O3S. The van der Waals surface area contributed by atoms with Crippen molar-refractivity contribution < 1.29 is 14.7 Å². The molecule has 2 rings (SSSR count). The molecule has 2 aliphatic rings. The van der Waals surface area contributed by atoms with E-state index in [2.05, 4.69) is 17.2 Å². The molecule has 0 heterocycles. The summed E-state index contributed by atoms with van der Waals surface area (Å²) in [6, 6.07) is -0.444. The van der Waals surface area contributed by atoms with Crippen LogP contribution in [0.3, 0.4) is 0 Å². The van der Waals surface area contributed by atoms with E-state index in [1.807, 2.05) is 6.08 Å². The van der Waals surface area contributed by atoms with Crippen LogP contribution in [0.4, 0.5) is 4.79 Å². The van der Waals surface area contributed by atoms with Crippen molar-refractivity contribution in [2.75, 3.05) is 18.1 Å². The summed E-state index contributed by atoms with van der Waals surface area (Å²) in [5, 5.41) is 15.0. The van der Waals surface area contributed by atoms with Gasteiger partial charge in [-0.1, -0.05) is 6.08 Å². The van der Waals surface area contributed by atoms with Crippen LogP contribution in [-0.2, 0) is 4.79 Å². The number of fused-ring (bicyclic) bond motifs is 2. The smallest absolute Gasteiger partial charge is 0.315 e. The summed E-state index contributed by atoms with van der Waals surface area (Å²) in [7, 11) is 0. The molecule has 0 saturated heterocycles. The van der Waals surface area contributed by atoms with Gasteiger partial charge in [0.1, 0.15) is 0 Å². The van der Waals surface area contributed by atoms with Gasteiger partial charge in [0.05, 0.1) is 5.92 Å². The predicted molar refractivity (Wildman–Crippen MR) is 79.8 cm³/mol. The lowest BCUT2D eigenvalue weighted by Crippen LogP contribution is -2.50. The highest BCUT2D eigenvalue weighted by Gasteiger charge is 2.51. The Morgan fingerprint density at radius 1 is 1.35 bits per heavy atom. The fraction of sp³-hybridized carbons (Fsp3) is 0.714. The van der Waals surface area contributed by atoms with Gasteiger partial charge in [-0.05, 0) is 31.1 Å². The number of hydrogen-bond acceptors (Lipinski definition) is 3. The van der Waals surface area contributed by atoms with Crippen LogP contribution in [0.15, 0.2) is 12.7 Å². The van der Waals surface area contributed by atoms with Gasteiger partial charge in [0.15, 0.2) is 0 Å². The fourth-order valence-electron chi connectivity index (χ4n) is 3.46. The summed E-state index contributed by atoms with van der Waals surface area (Å²) in [6.45, 7) is 4.22. The highest BCUT2D eigenvalue weighted by Crippen LogP contribution is 2.48. The predicted octanol–water partition coefficient (Wildman–Crippen LogP) is 1.70. The molecule has 5 nitrogen and oxygen atoms in total. The quantitative estimate of drug-likeness (QED) is 0.494. The van der Waals surface area contributed by atoms with Gasteiger partial charge in [-0.3, -0.25) is 4.79 Å². The maximum atomic E-state index is 11.8. The first kappa shape index (κ1) is 15.2. The van der Waals surface area contributed by atoms with Gasteiger partial charge in [-0.15, -0.1) is 6.58 Å². The van der Waals surface area contributed by atoms with Gasteiger partial charge in [0, 0.05) is 24.1 Å². The number of hydrogen-bond donors (Lipinski definition) is 3. The number of carbonyl (C=O) groups excluding carboxylic acids is 1. The Balaban J connectivity index is 1.75. The molecule has 20 heavy (non-hydrogen) atoms. The average molecular weight is 298 g/mol. The molecule has 0 aromatic heterocycles. The van der Waals surface area contributed by atoms with Crippen LogP contribution in [0.5, 0.6) is 0 Å². The Morgan fingerprint density at radius 3 is 2.80 bits per heavy atom. The Kier molecular flexibility index (Phi) is 5.34. The second-order valence-electron chi connectivity index (χ2n) is 5.49. The molecule has 4 unspecified atom stereocenters. The van der Waals surface area contributed by atoms with E-state index in [4.69, 9.17) is 0 Å². The second-order valence-corrected chi connectivity index (χ2v) is 6.64. The topological polar surface area (TPSA) is 78.4 Å². The molecule has 0 radical (unpaired) electrons. The zero-order chi connectivity index (χ0) is 14.5. The van der Waals surface area contributed by atoms with Crippen molar-refractivity contribution in [3.8, 4) is 0 Å². The summed E-state index contributed by atoms with van der Waals surface area (Å²) in [4.78, 5) is 23.2. The number of thioether (sulfide) groups is 1. The van der Waals surface area contributed by atoms with Crippen LogP contribution >= 0.6 is 11.8 Å². The van der Waals surface area contributed by atoms with Crippen molar-refractivity contribution in [3.63, 3.8) is 0 Å². The summed E-state index contributed by atoms with van der Waals surface area (Å²) in [5.74, 6) is 1.10. The Bertz CT molecular complexity index is 389. The fourth-order valence-corrected chi connectivity index (χ4v) is 4.04. The average Bonchev–Trinajstić information content (AvgIpc) is 2.99. The zero-order valence-corrected chi connectivity index (χ0v) is 12.3. The molecular weight excluding hydrogens is 276 g/mol. The van der Waals surface area contributed by atoms with Crippen molar-refractivity contribution in [2.45, 2.75) is 25.3 Å². The summed E-state index contributed by atoms with van der Waals surface area (Å²) < 4.78 is 0. The summed E-state index contributed by atoms with van der Waals surface area (Å²) >= 11 is 1.70. The third kappa shape index (κ3) is 3.48. The number of aliphatic carboxylic acids is 1. The van der Waals surface area contributed by atoms with Crippen LogP contribution < -0.4 is 10.6 Å². The Morgan fingerprint density at radius 2 is 2.10 bits per heavy atom. The number of nitrogens with one attached hydrogen (secondary N) is 2. The van der Waals surface area contributed by atoms with Crippen molar-refractivity contribution in [1.82, 2.24) is 10.6 Å². The zero-order valence-electron chi connectivity index (χ0n) is 11.5. The number of carboxylic acids is 1. The highest BCUT2D eigenvalue weighted by molar-refractivity contribution is 7.99. The van der Waals surface area contributed by atoms with Gasteiger partial charge in [-0.2, -0.15) is 11.8 Å². The van der Waals surface area contributed by atoms with Gasteiger partial charge >= 0.3 is 12.0 Å². The van der Waals surface area contributed by atoms with Crippen LogP contribution in [0, 0.1) is 17.8 Å². The van der Waals surface area contributed by atoms with E-state index in [0.29, 0.717) is 12.5 Å². The SMILES string of the molecule is C=CCSCCNC(=O)NC1C2CCC(C2)C1C(=O)O. The minimum Gasteiger partial charge on any atom is -0.481 e. The lowest BCUT2D eigenvalue weighted by atomic mass is 9.84. The Labute approximate surface area is 123 Å². The molecule has 0 spiro atoms. The molecule has 0 aromatic carbocycles. The molecule has 112 valence electrons. The van der Waals surface area contributed by atoms with E-state index in [-0.39, 0.29) is 18.0 Å². The van der Waals surface area contributed by atoms with E-state index < -0.39 is 11.9 Å². The number of carbonyl (C=O) groups is 2. The third-order valence-electron chi connectivity index (χ3n) is 4.27. The largest absolute Gasteiger partial charge is 0.481 e. The normalized spacial score (nSPS) is 31.0. The number of amides is 2. The number of carboxylic acid groups (broad SMARTS) is 1. The molecule has 4 atom stereocenters. The molecule has 0 aliphatic heterocycles. The van der Waals surface area contributed by atoms with E-state index in [0.717, 1.165) is 30.8 Å². The Hall–Kier alpha value is -1.17. The molecule has 2 saturated carbocycles. The van der Waals surface area contributed by atoms with Gasteiger partial charge in [0.25, 0.3) is 0 Å². The molecule has 2 fully saturated rings. The van der Waals surface area contributed by atoms with Crippen LogP contribution in [-0.4, -0.2) is 41.2 Å². The lowest BCUT2D eigenvalue weighted by molar-refractivity contribution is -0.144. The standard InChI is InChI=1S/C14H22N2O3S/c1-2-6-20-7-5-15-14(19)16-12-10-4-3-9(8-10)11(12)13(17)18/h2,9-12H,1,3-8H2,(H,17,18)(H2,15,16,19). The van der Waals surface area contributed by atoms with Crippen LogP contribution in [0.25, 0.3) is 0 Å².